The van der Waals surface area contributed by atoms with Gasteiger partial charge in [-0.25, -0.2) is 13.2 Å². The second kappa shape index (κ2) is 14.1. The van der Waals surface area contributed by atoms with Crippen molar-refractivity contribution in [1.82, 2.24) is 0 Å². The molecule has 0 atom stereocenters. The lowest BCUT2D eigenvalue weighted by atomic mass is 10.0. The number of unbranched alkanes of at least 4 members (excludes halogenated alkanes) is 2. The molecule has 47 heavy (non-hydrogen) atoms. The fraction of sp³-hybridized carbons (Fsp3) is 0.310. The van der Waals surface area contributed by atoms with Crippen LogP contribution in [0, 0.1) is 0 Å². The molecule has 3 aromatic rings. The van der Waals surface area contributed by atoms with Crippen molar-refractivity contribution in [2.75, 3.05) is 15.7 Å². The normalized spacial score (nSPS) is 12.5. The molecule has 18 heteroatoms. The number of hydrogen-bond acceptors (Lipinski definition) is 5. The average Bonchev–Trinajstić information content (AvgIpc) is 2.96. The van der Waals surface area contributed by atoms with E-state index in [1.807, 2.05) is 6.92 Å². The van der Waals surface area contributed by atoms with E-state index in [2.05, 4.69) is 4.74 Å². The van der Waals surface area contributed by atoms with E-state index in [0.29, 0.717) is 36.3 Å². The van der Waals surface area contributed by atoms with Crippen molar-refractivity contribution in [1.29, 1.82) is 0 Å². The maximum atomic E-state index is 13.5. The molecule has 0 radical (unpaired) electrons. The predicted octanol–water partition coefficient (Wildman–Crippen LogP) is 7.63. The van der Waals surface area contributed by atoms with E-state index >= 15 is 0 Å². The van der Waals surface area contributed by atoms with Crippen LogP contribution in [0.25, 0.3) is 0 Å². The van der Waals surface area contributed by atoms with E-state index in [1.54, 1.807) is 0 Å². The Kier molecular flexibility index (Phi) is 11.1. The third-order valence-electron chi connectivity index (χ3n) is 6.48. The number of ether oxygens (including phenoxy) is 1. The van der Waals surface area contributed by atoms with Crippen molar-refractivity contribution in [3.8, 4) is 5.75 Å². The first-order chi connectivity index (χ1) is 21.6. The Hall–Kier alpha value is -4.48. The summed E-state index contributed by atoms with van der Waals surface area (Å²) < 4.78 is 150. The van der Waals surface area contributed by atoms with Gasteiger partial charge in [-0.2, -0.15) is 26.3 Å². The molecule has 256 valence electrons. The summed E-state index contributed by atoms with van der Waals surface area (Å²) in [4.78, 5) is 24.1. The zero-order valence-electron chi connectivity index (χ0n) is 24.1. The number of carbonyl (C=O) groups excluding carboxylic acids is 1. The van der Waals surface area contributed by atoms with Gasteiger partial charge in [0.25, 0.3) is 10.0 Å². The van der Waals surface area contributed by atoms with Gasteiger partial charge < -0.3 is 9.84 Å². The van der Waals surface area contributed by atoms with Crippen LogP contribution in [0.15, 0.2) is 71.6 Å². The molecule has 3 aromatic carbocycles. The quantitative estimate of drug-likeness (QED) is 0.125. The highest BCUT2D eigenvalue weighted by molar-refractivity contribution is 7.92. The Labute approximate surface area is 262 Å². The van der Waals surface area contributed by atoms with Crippen molar-refractivity contribution in [3.63, 3.8) is 0 Å². The molecule has 0 saturated heterocycles. The van der Waals surface area contributed by atoms with Crippen LogP contribution in [0.5, 0.6) is 5.75 Å². The van der Waals surface area contributed by atoms with Crippen molar-refractivity contribution in [2.24, 2.45) is 0 Å². The molecule has 0 aromatic heterocycles. The summed E-state index contributed by atoms with van der Waals surface area (Å²) in [5, 5.41) is 9.33. The van der Waals surface area contributed by atoms with E-state index in [-0.39, 0.29) is 24.0 Å². The van der Waals surface area contributed by atoms with E-state index in [9.17, 15) is 62.6 Å². The Bertz CT molecular complexity index is 1640. The molecule has 1 N–H and O–H groups in total. The Morgan fingerprint density at radius 2 is 1.28 bits per heavy atom. The Morgan fingerprint density at radius 1 is 0.766 bits per heavy atom. The van der Waals surface area contributed by atoms with E-state index in [1.165, 1.54) is 0 Å². The molecule has 0 aliphatic rings. The van der Waals surface area contributed by atoms with Crippen molar-refractivity contribution in [3.05, 3.63) is 83.4 Å². The van der Waals surface area contributed by atoms with Gasteiger partial charge in [-0.3, -0.25) is 14.0 Å². The molecular weight excluding hydrogens is 675 g/mol. The second-order valence-electron chi connectivity index (χ2n) is 9.93. The second-order valence-corrected chi connectivity index (χ2v) is 11.8. The molecule has 0 fully saturated rings. The Morgan fingerprint density at radius 3 is 1.72 bits per heavy atom. The number of aliphatic carboxylic acids is 1. The Balaban J connectivity index is 2.03. The molecule has 0 aliphatic carbocycles. The van der Waals surface area contributed by atoms with Gasteiger partial charge in [-0.15, -0.1) is 13.2 Å². The molecule has 0 bridgehead atoms. The summed E-state index contributed by atoms with van der Waals surface area (Å²) in [6, 6.07) is 8.20. The maximum absolute atomic E-state index is 13.5. The predicted molar refractivity (Wildman–Crippen MR) is 149 cm³/mol. The summed E-state index contributed by atoms with van der Waals surface area (Å²) >= 11 is 0. The molecule has 0 saturated carbocycles. The summed E-state index contributed by atoms with van der Waals surface area (Å²) in [5.41, 5.74) is -4.45. The molecule has 0 aliphatic heterocycles. The largest absolute Gasteiger partial charge is 0.573 e. The molecule has 0 unspecified atom stereocenters. The number of alkyl halides is 9. The van der Waals surface area contributed by atoms with Crippen molar-refractivity contribution >= 4 is 33.3 Å². The number of carboxylic acid groups (broad SMARTS) is 1. The topological polar surface area (TPSA) is 104 Å². The first-order valence-electron chi connectivity index (χ1n) is 13.4. The van der Waals surface area contributed by atoms with Crippen LogP contribution in [0.1, 0.15) is 42.9 Å². The number of hydrogen-bond donors (Lipinski definition) is 1. The summed E-state index contributed by atoms with van der Waals surface area (Å²) in [6.07, 6.45) is -13.9. The fourth-order valence-corrected chi connectivity index (χ4v) is 5.83. The third-order valence-corrected chi connectivity index (χ3v) is 8.32. The lowest BCUT2D eigenvalue weighted by Gasteiger charge is -2.26. The first-order valence-corrected chi connectivity index (χ1v) is 14.9. The van der Waals surface area contributed by atoms with E-state index in [0.717, 1.165) is 52.8 Å². The van der Waals surface area contributed by atoms with Gasteiger partial charge in [0, 0.05) is 12.2 Å². The minimum Gasteiger partial charge on any atom is -0.474 e. The number of halogens is 9. The lowest BCUT2D eigenvalue weighted by Crippen LogP contribution is -2.36. The van der Waals surface area contributed by atoms with Crippen LogP contribution >= 0.6 is 0 Å². The smallest absolute Gasteiger partial charge is 0.474 e. The number of rotatable bonds is 11. The lowest BCUT2D eigenvalue weighted by molar-refractivity contribution is -0.274. The number of carbonyl (C=O) groups is 2. The zero-order chi connectivity index (χ0) is 35.4. The van der Waals surface area contributed by atoms with Crippen LogP contribution < -0.4 is 13.9 Å². The minimum absolute atomic E-state index is 0.0541. The maximum Gasteiger partial charge on any atom is 0.573 e. The molecule has 0 spiro atoms. The van der Waals surface area contributed by atoms with Crippen molar-refractivity contribution in [2.45, 2.75) is 56.3 Å². The van der Waals surface area contributed by atoms with E-state index in [4.69, 9.17) is 0 Å². The van der Waals surface area contributed by atoms with Gasteiger partial charge >= 0.3 is 30.6 Å². The molecule has 3 rings (SSSR count). The monoisotopic (exact) mass is 700 g/mol. The molecule has 1 amide bonds. The number of anilines is 2. The van der Waals surface area contributed by atoms with Gasteiger partial charge in [0.15, 0.2) is 0 Å². The number of benzene rings is 3. The van der Waals surface area contributed by atoms with Crippen LogP contribution in [-0.4, -0.2) is 38.3 Å². The number of carboxylic acids is 1. The van der Waals surface area contributed by atoms with Gasteiger partial charge in [0.05, 0.1) is 28.3 Å². The van der Waals surface area contributed by atoms with Crippen LogP contribution in [-0.2, 0) is 38.5 Å². The highest BCUT2D eigenvalue weighted by atomic mass is 32.2. The van der Waals surface area contributed by atoms with Crippen LogP contribution in [0.2, 0.25) is 0 Å². The van der Waals surface area contributed by atoms with E-state index < -0.39 is 74.5 Å². The summed E-state index contributed by atoms with van der Waals surface area (Å²) in [5.74, 6) is -4.47. The summed E-state index contributed by atoms with van der Waals surface area (Å²) in [7, 11) is -4.44. The van der Waals surface area contributed by atoms with Crippen LogP contribution in [0.3, 0.4) is 0 Å². The van der Waals surface area contributed by atoms with Crippen molar-refractivity contribution < 1.29 is 67.4 Å². The fourth-order valence-electron chi connectivity index (χ4n) is 4.32. The van der Waals surface area contributed by atoms with Gasteiger partial charge in [0.2, 0.25) is 0 Å². The molecule has 8 nitrogen and oxygen atoms in total. The highest BCUT2D eigenvalue weighted by Crippen LogP contribution is 2.37. The standard InChI is InChI=1S/C29H25F9N2O6S/c1-2-3-4-13-40(47(44,45)24-11-9-23(10-12-24)46-29(36,37)38)22-7-5-21(6-8-22)39(25(41)26(42)43)17-18-14-19(27(30,31)32)16-20(15-18)28(33,34)35/h5-12,14-16H,2-4,13,17H2,1H3,(H,42,43). The highest BCUT2D eigenvalue weighted by Gasteiger charge is 2.37. The summed E-state index contributed by atoms with van der Waals surface area (Å²) in [6.45, 7) is 0.671. The zero-order valence-corrected chi connectivity index (χ0v) is 24.9. The van der Waals surface area contributed by atoms with Gasteiger partial charge in [-0.1, -0.05) is 19.8 Å². The molecular formula is C29H25F9N2O6S. The van der Waals surface area contributed by atoms with Gasteiger partial charge in [-0.05, 0) is 78.7 Å². The molecule has 0 heterocycles. The third kappa shape index (κ3) is 9.76. The van der Waals surface area contributed by atoms with Crippen LogP contribution in [0.4, 0.5) is 50.9 Å². The minimum atomic E-state index is -5.21. The number of sulfonamides is 1. The SMILES string of the molecule is CCCCCN(c1ccc(N(Cc2cc(C(F)(F)F)cc(C(F)(F)F)c2)C(=O)C(=O)O)cc1)S(=O)(=O)c1ccc(OC(F)(F)F)cc1. The number of amides is 1. The van der Waals surface area contributed by atoms with Gasteiger partial charge in [0.1, 0.15) is 5.75 Å². The first kappa shape index (κ1) is 37.0. The average molecular weight is 701 g/mol. The number of nitrogens with zero attached hydrogens (tertiary/aromatic N) is 2.